The Morgan fingerprint density at radius 3 is 2.48 bits per heavy atom. The molecule has 0 radical (unpaired) electrons. The van der Waals surface area contributed by atoms with Crippen molar-refractivity contribution in [3.63, 3.8) is 0 Å². The maximum atomic E-state index is 13.5. The van der Waals surface area contributed by atoms with Crippen LogP contribution in [0.15, 0.2) is 12.1 Å². The van der Waals surface area contributed by atoms with Gasteiger partial charge < -0.3 is 10.2 Å². The van der Waals surface area contributed by atoms with E-state index in [0.717, 1.165) is 19.2 Å². The van der Waals surface area contributed by atoms with Crippen molar-refractivity contribution >= 4 is 5.91 Å². The molecule has 0 aliphatic carbocycles. The zero-order valence-electron chi connectivity index (χ0n) is 11.8. The Morgan fingerprint density at radius 2 is 1.81 bits per heavy atom. The fourth-order valence-corrected chi connectivity index (χ4v) is 2.28. The molecule has 0 saturated carbocycles. The van der Waals surface area contributed by atoms with Gasteiger partial charge in [-0.1, -0.05) is 0 Å². The number of nitrogens with one attached hydrogen (secondary N) is 1. The summed E-state index contributed by atoms with van der Waals surface area (Å²) >= 11 is 0. The molecule has 116 valence electrons. The molecule has 0 bridgehead atoms. The first kappa shape index (κ1) is 15.8. The zero-order valence-corrected chi connectivity index (χ0v) is 11.8. The number of halogens is 3. The SMILES string of the molecule is CN(CC(=O)N1CCNCC1)Cc1cc(F)c(F)cc1F. The van der Waals surface area contributed by atoms with Crippen LogP contribution >= 0.6 is 0 Å². The number of hydrogen-bond acceptors (Lipinski definition) is 3. The molecular formula is C14H18F3N3O. The van der Waals surface area contributed by atoms with Gasteiger partial charge in [0.05, 0.1) is 6.54 Å². The minimum absolute atomic E-state index is 0.0320. The number of likely N-dealkylation sites (N-methyl/N-ethyl adjacent to an activating group) is 1. The van der Waals surface area contributed by atoms with Crippen molar-refractivity contribution in [1.29, 1.82) is 0 Å². The third-order valence-electron chi connectivity index (χ3n) is 3.40. The Bertz CT molecular complexity index is 518. The van der Waals surface area contributed by atoms with Crippen LogP contribution in [-0.2, 0) is 11.3 Å². The van der Waals surface area contributed by atoms with Crippen LogP contribution < -0.4 is 5.32 Å². The Balaban J connectivity index is 1.93. The molecule has 0 atom stereocenters. The third kappa shape index (κ3) is 4.18. The van der Waals surface area contributed by atoms with Crippen molar-refractivity contribution in [3.05, 3.63) is 35.1 Å². The van der Waals surface area contributed by atoms with Crippen LogP contribution in [0.5, 0.6) is 0 Å². The third-order valence-corrected chi connectivity index (χ3v) is 3.40. The van der Waals surface area contributed by atoms with E-state index in [0.29, 0.717) is 19.2 Å². The summed E-state index contributed by atoms with van der Waals surface area (Å²) in [5.41, 5.74) is 0.0320. The number of hydrogen-bond donors (Lipinski definition) is 1. The molecule has 1 aliphatic rings. The minimum Gasteiger partial charge on any atom is -0.339 e. The van der Waals surface area contributed by atoms with E-state index in [1.54, 1.807) is 16.8 Å². The topological polar surface area (TPSA) is 35.6 Å². The lowest BCUT2D eigenvalue weighted by molar-refractivity contribution is -0.132. The number of carbonyl (C=O) groups excluding carboxylic acids is 1. The lowest BCUT2D eigenvalue weighted by atomic mass is 10.2. The average Bonchev–Trinajstić information content (AvgIpc) is 2.45. The van der Waals surface area contributed by atoms with Gasteiger partial charge in [0.1, 0.15) is 5.82 Å². The van der Waals surface area contributed by atoms with E-state index in [9.17, 15) is 18.0 Å². The number of amides is 1. The predicted molar refractivity (Wildman–Crippen MR) is 72.1 cm³/mol. The lowest BCUT2D eigenvalue weighted by Gasteiger charge is -2.29. The van der Waals surface area contributed by atoms with Gasteiger partial charge in [-0.15, -0.1) is 0 Å². The molecule has 1 amide bonds. The molecule has 1 N–H and O–H groups in total. The van der Waals surface area contributed by atoms with Crippen LogP contribution in [0.25, 0.3) is 0 Å². The van der Waals surface area contributed by atoms with Gasteiger partial charge in [-0.3, -0.25) is 9.69 Å². The van der Waals surface area contributed by atoms with Crippen LogP contribution in [0, 0.1) is 17.5 Å². The second-order valence-electron chi connectivity index (χ2n) is 5.16. The number of benzene rings is 1. The van der Waals surface area contributed by atoms with E-state index in [4.69, 9.17) is 0 Å². The Hall–Kier alpha value is -1.60. The highest BCUT2D eigenvalue weighted by molar-refractivity contribution is 5.78. The molecule has 1 aromatic carbocycles. The van der Waals surface area contributed by atoms with E-state index >= 15 is 0 Å². The molecule has 1 aromatic rings. The second-order valence-corrected chi connectivity index (χ2v) is 5.16. The van der Waals surface area contributed by atoms with Crippen molar-refractivity contribution in [2.75, 3.05) is 39.8 Å². The lowest BCUT2D eigenvalue weighted by Crippen LogP contribution is -2.49. The molecule has 0 spiro atoms. The molecule has 1 fully saturated rings. The predicted octanol–water partition coefficient (Wildman–Crippen LogP) is 0.968. The van der Waals surface area contributed by atoms with Crippen LogP contribution in [-0.4, -0.2) is 55.5 Å². The van der Waals surface area contributed by atoms with Crippen LogP contribution in [0.4, 0.5) is 13.2 Å². The Labute approximate surface area is 121 Å². The summed E-state index contributed by atoms with van der Waals surface area (Å²) < 4.78 is 39.5. The molecule has 4 nitrogen and oxygen atoms in total. The standard InChI is InChI=1S/C14H18F3N3O/c1-19(9-14(21)20-4-2-18-3-5-20)8-10-6-12(16)13(17)7-11(10)15/h6-7,18H,2-5,8-9H2,1H3. The van der Waals surface area contributed by atoms with E-state index in [1.165, 1.54) is 0 Å². The summed E-state index contributed by atoms with van der Waals surface area (Å²) in [6.07, 6.45) is 0. The first-order valence-corrected chi connectivity index (χ1v) is 6.78. The van der Waals surface area contributed by atoms with Crippen molar-refractivity contribution in [1.82, 2.24) is 15.1 Å². The molecule has 2 rings (SSSR count). The van der Waals surface area contributed by atoms with Crippen LogP contribution in [0.1, 0.15) is 5.56 Å². The maximum absolute atomic E-state index is 13.5. The molecule has 1 heterocycles. The number of rotatable bonds is 4. The quantitative estimate of drug-likeness (QED) is 0.842. The van der Waals surface area contributed by atoms with Gasteiger partial charge >= 0.3 is 0 Å². The van der Waals surface area contributed by atoms with E-state index in [1.807, 2.05) is 0 Å². The van der Waals surface area contributed by atoms with E-state index in [-0.39, 0.29) is 24.6 Å². The second kappa shape index (κ2) is 6.91. The molecule has 7 heteroatoms. The van der Waals surface area contributed by atoms with Crippen LogP contribution in [0.3, 0.4) is 0 Å². The van der Waals surface area contributed by atoms with Crippen LogP contribution in [0.2, 0.25) is 0 Å². The first-order valence-electron chi connectivity index (χ1n) is 6.78. The molecule has 0 aromatic heterocycles. The number of carbonyl (C=O) groups is 1. The molecular weight excluding hydrogens is 283 g/mol. The Kier molecular flexibility index (Phi) is 5.19. The number of piperazine rings is 1. The van der Waals surface area contributed by atoms with Gasteiger partial charge in [-0.25, -0.2) is 13.2 Å². The average molecular weight is 301 g/mol. The van der Waals surface area contributed by atoms with Gasteiger partial charge in [0, 0.05) is 44.4 Å². The fourth-order valence-electron chi connectivity index (χ4n) is 2.28. The summed E-state index contributed by atoms with van der Waals surface area (Å²) in [4.78, 5) is 15.3. The monoisotopic (exact) mass is 301 g/mol. The molecule has 1 aliphatic heterocycles. The van der Waals surface area contributed by atoms with Crippen molar-refractivity contribution in [2.45, 2.75) is 6.54 Å². The molecule has 1 saturated heterocycles. The van der Waals surface area contributed by atoms with Gasteiger partial charge in [0.25, 0.3) is 0 Å². The summed E-state index contributed by atoms with van der Waals surface area (Å²) in [6.45, 7) is 2.96. The largest absolute Gasteiger partial charge is 0.339 e. The van der Waals surface area contributed by atoms with E-state index < -0.39 is 17.5 Å². The summed E-state index contributed by atoms with van der Waals surface area (Å²) in [5, 5.41) is 3.15. The summed E-state index contributed by atoms with van der Waals surface area (Å²) in [5.74, 6) is -3.17. The summed E-state index contributed by atoms with van der Waals surface area (Å²) in [6, 6.07) is 1.35. The normalized spacial score (nSPS) is 15.6. The van der Waals surface area contributed by atoms with Gasteiger partial charge in [-0.05, 0) is 13.1 Å². The highest BCUT2D eigenvalue weighted by atomic mass is 19.2. The highest BCUT2D eigenvalue weighted by Crippen LogP contribution is 2.15. The number of nitrogens with zero attached hydrogens (tertiary/aromatic N) is 2. The fraction of sp³-hybridized carbons (Fsp3) is 0.500. The first-order chi connectivity index (χ1) is 9.97. The van der Waals surface area contributed by atoms with Crippen molar-refractivity contribution in [3.8, 4) is 0 Å². The highest BCUT2D eigenvalue weighted by Gasteiger charge is 2.18. The van der Waals surface area contributed by atoms with Crippen molar-refractivity contribution < 1.29 is 18.0 Å². The van der Waals surface area contributed by atoms with E-state index in [2.05, 4.69) is 5.32 Å². The van der Waals surface area contributed by atoms with Gasteiger partial charge in [0.15, 0.2) is 11.6 Å². The van der Waals surface area contributed by atoms with Crippen molar-refractivity contribution in [2.24, 2.45) is 0 Å². The van der Waals surface area contributed by atoms with Gasteiger partial charge in [-0.2, -0.15) is 0 Å². The molecule has 21 heavy (non-hydrogen) atoms. The summed E-state index contributed by atoms with van der Waals surface area (Å²) in [7, 11) is 1.64. The zero-order chi connectivity index (χ0) is 15.4. The molecule has 0 unspecified atom stereocenters. The smallest absolute Gasteiger partial charge is 0.236 e. The minimum atomic E-state index is -1.21. The van der Waals surface area contributed by atoms with Gasteiger partial charge in [0.2, 0.25) is 5.91 Å². The Morgan fingerprint density at radius 1 is 1.19 bits per heavy atom. The maximum Gasteiger partial charge on any atom is 0.236 e.